The van der Waals surface area contributed by atoms with Gasteiger partial charge in [0.2, 0.25) is 0 Å². The van der Waals surface area contributed by atoms with E-state index >= 15 is 0 Å². The van der Waals surface area contributed by atoms with Gasteiger partial charge in [0.1, 0.15) is 22.5 Å². The topological polar surface area (TPSA) is 66.5 Å². The summed E-state index contributed by atoms with van der Waals surface area (Å²) in [6, 6.07) is 11.7. The molecule has 2 heterocycles. The first-order chi connectivity index (χ1) is 11.7. The molecule has 0 aliphatic heterocycles. The second kappa shape index (κ2) is 7.30. The summed E-state index contributed by atoms with van der Waals surface area (Å²) in [4.78, 5) is 4.33. The lowest BCUT2D eigenvalue weighted by molar-refractivity contribution is 0.695. The van der Waals surface area contributed by atoms with Gasteiger partial charge in [-0.25, -0.2) is 9.67 Å². The Morgan fingerprint density at radius 1 is 1.46 bits per heavy atom. The molecule has 1 aromatic carbocycles. The van der Waals surface area contributed by atoms with E-state index in [2.05, 4.69) is 21.5 Å². The van der Waals surface area contributed by atoms with Gasteiger partial charge in [-0.2, -0.15) is 10.4 Å². The van der Waals surface area contributed by atoms with Gasteiger partial charge in [-0.1, -0.05) is 23.7 Å². The van der Waals surface area contributed by atoms with Crippen molar-refractivity contribution in [2.45, 2.75) is 13.5 Å². The van der Waals surface area contributed by atoms with Crippen molar-refractivity contribution in [1.82, 2.24) is 14.8 Å². The maximum atomic E-state index is 9.32. The monoisotopic (exact) mass is 355 g/mol. The molecule has 1 N–H and O–H groups in total. The first-order valence-electron chi connectivity index (χ1n) is 7.21. The maximum Gasteiger partial charge on any atom is 0.135 e. The van der Waals surface area contributed by atoms with Gasteiger partial charge in [0.25, 0.3) is 0 Å². The third kappa shape index (κ3) is 3.82. The number of allylic oxidation sites excluding steroid dienone is 1. The number of benzene rings is 1. The summed E-state index contributed by atoms with van der Waals surface area (Å²) < 4.78 is 1.81. The highest BCUT2D eigenvalue weighted by atomic mass is 35.5. The number of anilines is 1. The molecule has 0 saturated heterocycles. The van der Waals surface area contributed by atoms with Crippen molar-refractivity contribution in [3.8, 4) is 6.07 Å². The fraction of sp³-hybridized carbons (Fsp3) is 0.118. The summed E-state index contributed by atoms with van der Waals surface area (Å²) in [5.74, 6) is 0.788. The van der Waals surface area contributed by atoms with Gasteiger partial charge in [-0.3, -0.25) is 0 Å². The third-order valence-corrected chi connectivity index (χ3v) is 4.50. The summed E-state index contributed by atoms with van der Waals surface area (Å²) in [6.45, 7) is 2.49. The Bertz CT molecular complexity index is 919. The predicted molar refractivity (Wildman–Crippen MR) is 96.8 cm³/mol. The first-order valence-corrected chi connectivity index (χ1v) is 8.47. The average Bonchev–Trinajstić information content (AvgIpc) is 3.18. The van der Waals surface area contributed by atoms with Crippen LogP contribution >= 0.6 is 22.9 Å². The number of halogens is 1. The second-order valence-electron chi connectivity index (χ2n) is 5.11. The Morgan fingerprint density at radius 3 is 3.04 bits per heavy atom. The van der Waals surface area contributed by atoms with Crippen LogP contribution in [-0.2, 0) is 6.54 Å². The van der Waals surface area contributed by atoms with E-state index in [9.17, 15) is 5.26 Å². The zero-order valence-corrected chi connectivity index (χ0v) is 14.5. The molecule has 0 unspecified atom stereocenters. The van der Waals surface area contributed by atoms with Crippen LogP contribution in [0.25, 0.3) is 5.57 Å². The van der Waals surface area contributed by atoms with Crippen LogP contribution in [-0.4, -0.2) is 14.8 Å². The van der Waals surface area contributed by atoms with Gasteiger partial charge in [-0.05, 0) is 24.6 Å². The van der Waals surface area contributed by atoms with Crippen molar-refractivity contribution in [3.63, 3.8) is 0 Å². The average molecular weight is 356 g/mol. The molecule has 0 radical (unpaired) electrons. The van der Waals surface area contributed by atoms with E-state index in [-0.39, 0.29) is 0 Å². The van der Waals surface area contributed by atoms with Gasteiger partial charge in [0.15, 0.2) is 0 Å². The van der Waals surface area contributed by atoms with Crippen LogP contribution < -0.4 is 5.32 Å². The van der Waals surface area contributed by atoms with Crippen molar-refractivity contribution in [2.24, 2.45) is 0 Å². The van der Waals surface area contributed by atoms with Crippen molar-refractivity contribution in [1.29, 1.82) is 5.26 Å². The minimum absolute atomic E-state index is 0.489. The molecule has 3 aromatic rings. The number of thiazole rings is 1. The Hall–Kier alpha value is -2.62. The molecule has 2 aromatic heterocycles. The molecule has 120 valence electrons. The number of nitriles is 1. The SMILES string of the molecule is Cc1csc(/C(C#N)=C/Nc2ccnn2Cc2cccc(Cl)c2)n1. The second-order valence-corrected chi connectivity index (χ2v) is 6.41. The Balaban J connectivity index is 1.78. The predicted octanol–water partition coefficient (Wildman–Crippen LogP) is 4.33. The number of hydrogen-bond acceptors (Lipinski definition) is 5. The molecule has 0 fully saturated rings. The van der Waals surface area contributed by atoms with E-state index < -0.39 is 0 Å². The lowest BCUT2D eigenvalue weighted by Gasteiger charge is -2.08. The molecule has 0 atom stereocenters. The third-order valence-electron chi connectivity index (χ3n) is 3.27. The molecule has 0 amide bonds. The molecular formula is C17H14ClN5S. The van der Waals surface area contributed by atoms with Crippen molar-refractivity contribution < 1.29 is 0 Å². The van der Waals surface area contributed by atoms with Gasteiger partial charge in [0, 0.05) is 28.4 Å². The van der Waals surface area contributed by atoms with Crippen LogP contribution in [0.15, 0.2) is 48.1 Å². The number of aryl methyl sites for hydroxylation is 1. The quantitative estimate of drug-likeness (QED) is 0.692. The van der Waals surface area contributed by atoms with Crippen molar-refractivity contribution in [3.05, 3.63) is 69.4 Å². The molecule has 0 saturated carbocycles. The lowest BCUT2D eigenvalue weighted by Crippen LogP contribution is -2.06. The summed E-state index contributed by atoms with van der Waals surface area (Å²) in [6.07, 6.45) is 3.37. The zero-order chi connectivity index (χ0) is 16.9. The van der Waals surface area contributed by atoms with E-state index in [1.807, 2.05) is 47.3 Å². The van der Waals surface area contributed by atoms with Crippen LogP contribution in [0.1, 0.15) is 16.3 Å². The molecule has 0 aliphatic carbocycles. The molecule has 3 rings (SSSR count). The van der Waals surface area contributed by atoms with Gasteiger partial charge >= 0.3 is 0 Å². The Labute approximate surface area is 148 Å². The molecule has 7 heteroatoms. The summed E-state index contributed by atoms with van der Waals surface area (Å²) in [7, 11) is 0. The fourth-order valence-electron chi connectivity index (χ4n) is 2.16. The molecule has 5 nitrogen and oxygen atoms in total. The largest absolute Gasteiger partial charge is 0.345 e. The van der Waals surface area contributed by atoms with Crippen LogP contribution in [0, 0.1) is 18.3 Å². The van der Waals surface area contributed by atoms with Gasteiger partial charge < -0.3 is 5.32 Å². The minimum Gasteiger partial charge on any atom is -0.345 e. The Morgan fingerprint density at radius 2 is 2.33 bits per heavy atom. The molecule has 24 heavy (non-hydrogen) atoms. The van der Waals surface area contributed by atoms with Crippen LogP contribution in [0.3, 0.4) is 0 Å². The van der Waals surface area contributed by atoms with Crippen LogP contribution in [0.4, 0.5) is 5.82 Å². The van der Waals surface area contributed by atoms with E-state index in [1.165, 1.54) is 11.3 Å². The van der Waals surface area contributed by atoms with E-state index in [0.717, 1.165) is 17.1 Å². The highest BCUT2D eigenvalue weighted by molar-refractivity contribution is 7.10. The number of nitrogens with zero attached hydrogens (tertiary/aromatic N) is 4. The minimum atomic E-state index is 0.489. The highest BCUT2D eigenvalue weighted by Gasteiger charge is 2.07. The number of aromatic nitrogens is 3. The maximum absolute atomic E-state index is 9.32. The molecule has 0 bridgehead atoms. The van der Waals surface area contributed by atoms with E-state index in [0.29, 0.717) is 22.1 Å². The van der Waals surface area contributed by atoms with E-state index in [1.54, 1.807) is 12.4 Å². The van der Waals surface area contributed by atoms with Crippen LogP contribution in [0.5, 0.6) is 0 Å². The fourth-order valence-corrected chi connectivity index (χ4v) is 3.13. The van der Waals surface area contributed by atoms with Crippen molar-refractivity contribution >= 4 is 34.3 Å². The molecule has 0 spiro atoms. The molecular weight excluding hydrogens is 342 g/mol. The number of rotatable bonds is 5. The van der Waals surface area contributed by atoms with Gasteiger partial charge in [-0.15, -0.1) is 11.3 Å². The smallest absolute Gasteiger partial charge is 0.135 e. The molecule has 0 aliphatic rings. The van der Waals surface area contributed by atoms with Crippen LogP contribution in [0.2, 0.25) is 5.02 Å². The lowest BCUT2D eigenvalue weighted by atomic mass is 10.2. The van der Waals surface area contributed by atoms with Gasteiger partial charge in [0.05, 0.1) is 12.7 Å². The summed E-state index contributed by atoms with van der Waals surface area (Å²) >= 11 is 7.47. The standard InChI is InChI=1S/C17H14ClN5S/c1-12-11-24-17(22-12)14(8-19)9-20-16-5-6-21-23(16)10-13-3-2-4-15(18)7-13/h2-7,9,11,20H,10H2,1H3/b14-9+. The highest BCUT2D eigenvalue weighted by Crippen LogP contribution is 2.19. The van der Waals surface area contributed by atoms with Crippen molar-refractivity contribution in [2.75, 3.05) is 5.32 Å². The number of hydrogen-bond donors (Lipinski definition) is 1. The number of nitrogens with one attached hydrogen (secondary N) is 1. The summed E-state index contributed by atoms with van der Waals surface area (Å²) in [5.41, 5.74) is 2.44. The first kappa shape index (κ1) is 16.2. The normalized spacial score (nSPS) is 11.3. The zero-order valence-electron chi connectivity index (χ0n) is 12.9. The Kier molecular flexibility index (Phi) is 4.94. The van der Waals surface area contributed by atoms with E-state index in [4.69, 9.17) is 11.6 Å². The summed E-state index contributed by atoms with van der Waals surface area (Å²) in [5, 5.41) is 20.1.